The summed E-state index contributed by atoms with van der Waals surface area (Å²) in [6, 6.07) is 3.36. The van der Waals surface area contributed by atoms with Gasteiger partial charge in [-0.1, -0.05) is 0 Å². The van der Waals surface area contributed by atoms with Crippen LogP contribution in [0.2, 0.25) is 0 Å². The van der Waals surface area contributed by atoms with Gasteiger partial charge in [0.25, 0.3) is 0 Å². The van der Waals surface area contributed by atoms with Crippen LogP contribution in [0.1, 0.15) is 18.0 Å². The Morgan fingerprint density at radius 2 is 2.38 bits per heavy atom. The number of anilines is 1. The number of aromatic nitrogens is 1. The Balaban J connectivity index is 3.00. The molecule has 4 nitrogen and oxygen atoms in total. The van der Waals surface area contributed by atoms with Crippen LogP contribution in [-0.4, -0.2) is 4.98 Å². The fourth-order valence-electron chi connectivity index (χ4n) is 0.964. The summed E-state index contributed by atoms with van der Waals surface area (Å²) in [5, 5.41) is 8.47. The lowest BCUT2D eigenvalue weighted by Crippen LogP contribution is -2.10. The molecule has 13 heavy (non-hydrogen) atoms. The van der Waals surface area contributed by atoms with E-state index >= 15 is 0 Å². The highest BCUT2D eigenvalue weighted by atomic mass is 79.9. The molecular weight excluding hydrogens is 232 g/mol. The van der Waals surface area contributed by atoms with Gasteiger partial charge in [-0.3, -0.25) is 0 Å². The molecule has 0 aliphatic heterocycles. The van der Waals surface area contributed by atoms with Gasteiger partial charge in [-0.2, -0.15) is 5.26 Å². The lowest BCUT2D eigenvalue weighted by atomic mass is 10.1. The molecule has 1 rings (SSSR count). The second kappa shape index (κ2) is 4.21. The highest BCUT2D eigenvalue weighted by Gasteiger charge is 2.09. The highest BCUT2D eigenvalue weighted by Crippen LogP contribution is 2.24. The number of nitrogens with two attached hydrogens (primary N) is 2. The molecule has 0 aliphatic carbocycles. The van der Waals surface area contributed by atoms with E-state index in [1.807, 2.05) is 6.07 Å². The highest BCUT2D eigenvalue weighted by molar-refractivity contribution is 9.10. The molecule has 1 heterocycles. The average Bonchev–Trinajstić information content (AvgIpc) is 2.09. The van der Waals surface area contributed by atoms with Gasteiger partial charge in [0.2, 0.25) is 0 Å². The van der Waals surface area contributed by atoms with Crippen LogP contribution in [0.15, 0.2) is 16.7 Å². The van der Waals surface area contributed by atoms with E-state index in [2.05, 4.69) is 20.9 Å². The van der Waals surface area contributed by atoms with Gasteiger partial charge in [-0.15, -0.1) is 0 Å². The molecule has 0 saturated carbocycles. The standard InChI is InChI=1S/C8H9BrN4/c9-6-4-13-8(12)3-5(6)7(11)1-2-10/h3-4,7H,1,11H2,(H2,12,13)/t7-/m1/s1. The van der Waals surface area contributed by atoms with E-state index in [1.54, 1.807) is 12.3 Å². The van der Waals surface area contributed by atoms with Gasteiger partial charge in [0.1, 0.15) is 5.82 Å². The van der Waals surface area contributed by atoms with Crippen LogP contribution >= 0.6 is 15.9 Å². The second-order valence-corrected chi connectivity index (χ2v) is 3.45. The third kappa shape index (κ3) is 2.41. The number of halogens is 1. The molecule has 0 radical (unpaired) electrons. The van der Waals surface area contributed by atoms with E-state index in [4.69, 9.17) is 16.7 Å². The summed E-state index contributed by atoms with van der Waals surface area (Å²) in [6.45, 7) is 0. The lowest BCUT2D eigenvalue weighted by molar-refractivity contribution is 0.743. The molecule has 0 saturated heterocycles. The Labute approximate surface area is 84.7 Å². The molecule has 0 fully saturated rings. The Bertz CT molecular complexity index is 344. The minimum absolute atomic E-state index is 0.266. The quantitative estimate of drug-likeness (QED) is 0.817. The molecule has 1 aromatic heterocycles. The maximum absolute atomic E-state index is 8.47. The molecule has 0 bridgehead atoms. The van der Waals surface area contributed by atoms with Crippen molar-refractivity contribution in [1.82, 2.24) is 4.98 Å². The Morgan fingerprint density at radius 3 is 3.00 bits per heavy atom. The van der Waals surface area contributed by atoms with Gasteiger partial charge < -0.3 is 11.5 Å². The van der Waals surface area contributed by atoms with E-state index in [0.717, 1.165) is 10.0 Å². The van der Waals surface area contributed by atoms with Crippen molar-refractivity contribution in [3.63, 3.8) is 0 Å². The maximum atomic E-state index is 8.47. The summed E-state index contributed by atoms with van der Waals surface area (Å²) in [7, 11) is 0. The van der Waals surface area contributed by atoms with Crippen molar-refractivity contribution < 1.29 is 0 Å². The van der Waals surface area contributed by atoms with Gasteiger partial charge in [-0.05, 0) is 27.6 Å². The van der Waals surface area contributed by atoms with Gasteiger partial charge in [0, 0.05) is 16.7 Å². The third-order valence-electron chi connectivity index (χ3n) is 1.62. The van der Waals surface area contributed by atoms with E-state index in [9.17, 15) is 0 Å². The minimum atomic E-state index is -0.315. The van der Waals surface area contributed by atoms with E-state index in [1.165, 1.54) is 0 Å². The summed E-state index contributed by atoms with van der Waals surface area (Å²) >= 11 is 3.29. The first-order valence-electron chi connectivity index (χ1n) is 3.68. The first-order valence-corrected chi connectivity index (χ1v) is 4.48. The molecule has 0 amide bonds. The van der Waals surface area contributed by atoms with Crippen molar-refractivity contribution in [3.05, 3.63) is 22.3 Å². The lowest BCUT2D eigenvalue weighted by Gasteiger charge is -2.09. The van der Waals surface area contributed by atoms with Crippen molar-refractivity contribution in [2.45, 2.75) is 12.5 Å². The second-order valence-electron chi connectivity index (χ2n) is 2.60. The molecule has 4 N–H and O–H groups in total. The molecule has 0 spiro atoms. The molecule has 1 aromatic rings. The number of pyridine rings is 1. The number of hydrogen-bond acceptors (Lipinski definition) is 4. The number of hydrogen-bond donors (Lipinski definition) is 2. The van der Waals surface area contributed by atoms with Gasteiger partial charge >= 0.3 is 0 Å². The first-order chi connectivity index (χ1) is 6.15. The summed E-state index contributed by atoms with van der Waals surface area (Å²) in [5.41, 5.74) is 12.0. The van der Waals surface area contributed by atoms with Crippen LogP contribution in [-0.2, 0) is 0 Å². The van der Waals surface area contributed by atoms with Gasteiger partial charge in [0.15, 0.2) is 0 Å². The number of rotatable bonds is 2. The van der Waals surface area contributed by atoms with Crippen molar-refractivity contribution in [3.8, 4) is 6.07 Å². The fraction of sp³-hybridized carbons (Fsp3) is 0.250. The van der Waals surface area contributed by atoms with E-state index in [0.29, 0.717) is 5.82 Å². The fourth-order valence-corrected chi connectivity index (χ4v) is 1.47. The van der Waals surface area contributed by atoms with Crippen LogP contribution < -0.4 is 11.5 Å². The number of nitrogens with zero attached hydrogens (tertiary/aromatic N) is 2. The van der Waals surface area contributed by atoms with Crippen LogP contribution in [0.5, 0.6) is 0 Å². The number of nitriles is 1. The summed E-state index contributed by atoms with van der Waals surface area (Å²) in [6.07, 6.45) is 1.85. The monoisotopic (exact) mass is 240 g/mol. The topological polar surface area (TPSA) is 88.7 Å². The Hall–Kier alpha value is -1.12. The third-order valence-corrected chi connectivity index (χ3v) is 2.28. The van der Waals surface area contributed by atoms with Crippen molar-refractivity contribution >= 4 is 21.7 Å². The van der Waals surface area contributed by atoms with E-state index < -0.39 is 0 Å². The Kier molecular flexibility index (Phi) is 3.23. The zero-order chi connectivity index (χ0) is 9.84. The average molecular weight is 241 g/mol. The number of nitrogen functional groups attached to an aromatic ring is 1. The predicted octanol–water partition coefficient (Wildman–Crippen LogP) is 1.34. The summed E-state index contributed by atoms with van der Waals surface area (Å²) in [5.74, 6) is 0.409. The smallest absolute Gasteiger partial charge is 0.123 e. The largest absolute Gasteiger partial charge is 0.384 e. The van der Waals surface area contributed by atoms with Crippen LogP contribution in [0, 0.1) is 11.3 Å². The van der Waals surface area contributed by atoms with Crippen LogP contribution in [0.25, 0.3) is 0 Å². The predicted molar refractivity (Wildman–Crippen MR) is 53.5 cm³/mol. The summed E-state index contributed by atoms with van der Waals surface area (Å²) < 4.78 is 0.782. The zero-order valence-electron chi connectivity index (χ0n) is 6.87. The maximum Gasteiger partial charge on any atom is 0.123 e. The zero-order valence-corrected chi connectivity index (χ0v) is 8.45. The van der Waals surface area contributed by atoms with Crippen molar-refractivity contribution in [1.29, 1.82) is 5.26 Å². The molecule has 5 heteroatoms. The molecule has 0 unspecified atom stereocenters. The molecule has 68 valence electrons. The van der Waals surface area contributed by atoms with Crippen LogP contribution in [0.4, 0.5) is 5.82 Å². The molecule has 0 aliphatic rings. The molecule has 0 aromatic carbocycles. The van der Waals surface area contributed by atoms with Crippen molar-refractivity contribution in [2.75, 3.05) is 5.73 Å². The van der Waals surface area contributed by atoms with E-state index in [-0.39, 0.29) is 12.5 Å². The molecular formula is C8H9BrN4. The van der Waals surface area contributed by atoms with Crippen molar-refractivity contribution in [2.24, 2.45) is 5.73 Å². The van der Waals surface area contributed by atoms with Crippen LogP contribution in [0.3, 0.4) is 0 Å². The normalized spacial score (nSPS) is 12.1. The minimum Gasteiger partial charge on any atom is -0.384 e. The van der Waals surface area contributed by atoms with Gasteiger partial charge in [0.05, 0.1) is 12.5 Å². The summed E-state index contributed by atoms with van der Waals surface area (Å²) in [4.78, 5) is 3.87. The Morgan fingerprint density at radius 1 is 1.69 bits per heavy atom. The molecule has 1 atom stereocenters. The first kappa shape index (κ1) is 9.96. The van der Waals surface area contributed by atoms with Gasteiger partial charge in [-0.25, -0.2) is 4.98 Å². The SMILES string of the molecule is N#CC[C@@H](N)c1cc(N)ncc1Br.